The van der Waals surface area contributed by atoms with Crippen LogP contribution in [0.5, 0.6) is 0 Å². The van der Waals surface area contributed by atoms with Gasteiger partial charge in [-0.2, -0.15) is 0 Å². The molecule has 2 heterocycles. The summed E-state index contributed by atoms with van der Waals surface area (Å²) >= 11 is 4.66. The molecule has 1 amide bonds. The van der Waals surface area contributed by atoms with Gasteiger partial charge in [0.25, 0.3) is 0 Å². The third kappa shape index (κ3) is 5.95. The monoisotopic (exact) mass is 500 g/mol. The molecule has 2 aromatic heterocycles. The summed E-state index contributed by atoms with van der Waals surface area (Å²) in [5.74, 6) is 1.31. The average molecular weight is 501 g/mol. The normalized spacial score (nSPS) is 10.7. The maximum absolute atomic E-state index is 12.3. The molecule has 9 heteroatoms. The second-order valence-electron chi connectivity index (χ2n) is 6.62. The molecular weight excluding hydrogens is 476 g/mol. The van der Waals surface area contributed by atoms with E-state index in [-0.39, 0.29) is 11.7 Å². The Kier molecular flexibility index (Phi) is 8.25. The Balaban J connectivity index is 1.72. The fourth-order valence-corrected chi connectivity index (χ4v) is 4.05. The van der Waals surface area contributed by atoms with E-state index in [0.29, 0.717) is 17.5 Å². The zero-order valence-corrected chi connectivity index (χ0v) is 20.0. The van der Waals surface area contributed by atoms with E-state index in [4.69, 9.17) is 0 Å². The lowest BCUT2D eigenvalue weighted by molar-refractivity contribution is -0.113. The van der Waals surface area contributed by atoms with Gasteiger partial charge in [0.05, 0.1) is 5.75 Å². The first-order chi connectivity index (χ1) is 15.0. The van der Waals surface area contributed by atoms with Crippen molar-refractivity contribution in [1.82, 2.24) is 19.7 Å². The summed E-state index contributed by atoms with van der Waals surface area (Å²) in [6.45, 7) is 10.6. The number of benzene rings is 1. The molecule has 0 fully saturated rings. The molecule has 0 radical (unpaired) electrons. The summed E-state index contributed by atoms with van der Waals surface area (Å²) in [7, 11) is 0. The van der Waals surface area contributed by atoms with Gasteiger partial charge < -0.3 is 10.2 Å². The van der Waals surface area contributed by atoms with Crippen molar-refractivity contribution in [1.29, 1.82) is 0 Å². The van der Waals surface area contributed by atoms with Crippen LogP contribution in [0.2, 0.25) is 0 Å². The fraction of sp³-hybridized carbons (Fsp3) is 0.273. The Morgan fingerprint density at radius 3 is 2.55 bits per heavy atom. The second kappa shape index (κ2) is 11.1. The number of amides is 1. The van der Waals surface area contributed by atoms with Crippen molar-refractivity contribution in [2.45, 2.75) is 25.5 Å². The van der Waals surface area contributed by atoms with Crippen LogP contribution in [0.3, 0.4) is 0 Å². The van der Waals surface area contributed by atoms with Crippen LogP contribution in [-0.4, -0.2) is 44.5 Å². The van der Waals surface area contributed by atoms with Gasteiger partial charge in [0.15, 0.2) is 11.0 Å². The number of allylic oxidation sites excluding steroid dienone is 1. The zero-order valence-electron chi connectivity index (χ0n) is 17.6. The number of anilines is 2. The van der Waals surface area contributed by atoms with Gasteiger partial charge in [-0.15, -0.1) is 16.8 Å². The van der Waals surface area contributed by atoms with Gasteiger partial charge >= 0.3 is 0 Å². The molecule has 162 valence electrons. The number of carbonyl (C=O) groups is 1. The summed E-state index contributed by atoms with van der Waals surface area (Å²) in [4.78, 5) is 18.8. The van der Waals surface area contributed by atoms with Crippen LogP contribution in [0, 0.1) is 0 Å². The van der Waals surface area contributed by atoms with Crippen LogP contribution in [0.1, 0.15) is 13.8 Å². The van der Waals surface area contributed by atoms with E-state index < -0.39 is 0 Å². The number of pyridine rings is 1. The van der Waals surface area contributed by atoms with Crippen LogP contribution in [0.4, 0.5) is 11.5 Å². The van der Waals surface area contributed by atoms with Gasteiger partial charge in [-0.1, -0.05) is 17.8 Å². The SMILES string of the molecule is C=CCn1c(SCC(=O)Nc2ccc(Br)cn2)nnc1-c1ccc(N(CC)CC)cc1. The molecule has 3 aromatic rings. The van der Waals surface area contributed by atoms with Crippen molar-refractivity contribution in [3.05, 3.63) is 59.7 Å². The number of halogens is 1. The molecule has 0 saturated carbocycles. The molecule has 0 saturated heterocycles. The zero-order chi connectivity index (χ0) is 22.2. The minimum atomic E-state index is -0.155. The van der Waals surface area contributed by atoms with E-state index in [1.165, 1.54) is 17.4 Å². The molecule has 1 aromatic carbocycles. The maximum Gasteiger partial charge on any atom is 0.236 e. The third-order valence-electron chi connectivity index (χ3n) is 4.61. The second-order valence-corrected chi connectivity index (χ2v) is 8.48. The molecule has 0 aliphatic rings. The molecule has 0 bridgehead atoms. The van der Waals surface area contributed by atoms with Gasteiger partial charge in [-0.25, -0.2) is 4.98 Å². The van der Waals surface area contributed by atoms with E-state index in [1.807, 2.05) is 10.6 Å². The molecule has 0 atom stereocenters. The first-order valence-corrected chi connectivity index (χ1v) is 11.8. The summed E-state index contributed by atoms with van der Waals surface area (Å²) < 4.78 is 2.82. The predicted molar refractivity (Wildman–Crippen MR) is 131 cm³/mol. The molecular formula is C22H25BrN6OS. The van der Waals surface area contributed by atoms with Crippen LogP contribution in [-0.2, 0) is 11.3 Å². The minimum Gasteiger partial charge on any atom is -0.372 e. The number of nitrogens with one attached hydrogen (secondary N) is 1. The summed E-state index contributed by atoms with van der Waals surface area (Å²) in [5, 5.41) is 12.1. The van der Waals surface area contributed by atoms with Crippen molar-refractivity contribution >= 4 is 45.1 Å². The highest BCUT2D eigenvalue weighted by molar-refractivity contribution is 9.10. The molecule has 0 aliphatic carbocycles. The maximum atomic E-state index is 12.3. The molecule has 1 N–H and O–H groups in total. The third-order valence-corrected chi connectivity index (χ3v) is 6.05. The van der Waals surface area contributed by atoms with E-state index in [2.05, 4.69) is 86.0 Å². The highest BCUT2D eigenvalue weighted by Crippen LogP contribution is 2.26. The lowest BCUT2D eigenvalue weighted by atomic mass is 10.2. The smallest absolute Gasteiger partial charge is 0.236 e. The lowest BCUT2D eigenvalue weighted by Crippen LogP contribution is -2.21. The summed E-state index contributed by atoms with van der Waals surface area (Å²) in [6, 6.07) is 11.9. The topological polar surface area (TPSA) is 75.9 Å². The van der Waals surface area contributed by atoms with E-state index in [1.54, 1.807) is 18.3 Å². The Morgan fingerprint density at radius 2 is 1.94 bits per heavy atom. The minimum absolute atomic E-state index is 0.155. The molecule has 0 unspecified atom stereocenters. The largest absolute Gasteiger partial charge is 0.372 e. The predicted octanol–water partition coefficient (Wildman–Crippen LogP) is 4.87. The first kappa shape index (κ1) is 23.0. The number of nitrogens with zero attached hydrogens (tertiary/aromatic N) is 5. The van der Waals surface area contributed by atoms with Crippen molar-refractivity contribution in [2.75, 3.05) is 29.1 Å². The highest BCUT2D eigenvalue weighted by atomic mass is 79.9. The quantitative estimate of drug-likeness (QED) is 0.316. The van der Waals surface area contributed by atoms with E-state index in [0.717, 1.165) is 29.0 Å². The van der Waals surface area contributed by atoms with Gasteiger partial charge in [0.2, 0.25) is 5.91 Å². The molecule has 3 rings (SSSR count). The fourth-order valence-electron chi connectivity index (χ4n) is 3.07. The number of thioether (sulfide) groups is 1. The number of aromatic nitrogens is 4. The van der Waals surface area contributed by atoms with Crippen LogP contribution in [0.15, 0.2) is 64.9 Å². The lowest BCUT2D eigenvalue weighted by Gasteiger charge is -2.21. The van der Waals surface area contributed by atoms with Crippen LogP contribution >= 0.6 is 27.7 Å². The Hall–Kier alpha value is -2.65. The van der Waals surface area contributed by atoms with Gasteiger partial charge in [0, 0.05) is 41.6 Å². The molecule has 0 spiro atoms. The van der Waals surface area contributed by atoms with Crippen molar-refractivity contribution in [3.63, 3.8) is 0 Å². The Morgan fingerprint density at radius 1 is 1.19 bits per heavy atom. The van der Waals surface area contributed by atoms with Gasteiger partial charge in [-0.05, 0) is 66.2 Å². The number of carbonyl (C=O) groups excluding carboxylic acids is 1. The number of hydrogen-bond acceptors (Lipinski definition) is 6. The highest BCUT2D eigenvalue weighted by Gasteiger charge is 2.15. The van der Waals surface area contributed by atoms with Crippen molar-refractivity contribution in [2.24, 2.45) is 0 Å². The van der Waals surface area contributed by atoms with E-state index >= 15 is 0 Å². The number of hydrogen-bond donors (Lipinski definition) is 1. The number of rotatable bonds is 10. The average Bonchev–Trinajstić information content (AvgIpc) is 3.18. The standard InChI is InChI=1S/C22H25BrN6OS/c1-4-13-29-21(16-7-10-18(11-8-16)28(5-2)6-3)26-27-22(29)31-15-20(30)25-19-12-9-17(23)14-24-19/h4,7-12,14H,1,5-6,13,15H2,2-3H3,(H,24,25,30). The Labute approximate surface area is 195 Å². The molecule has 0 aliphatic heterocycles. The van der Waals surface area contributed by atoms with Crippen LogP contribution < -0.4 is 10.2 Å². The Bertz CT molecular complexity index is 1020. The molecule has 7 nitrogen and oxygen atoms in total. The van der Waals surface area contributed by atoms with Gasteiger partial charge in [0.1, 0.15) is 5.82 Å². The first-order valence-electron chi connectivity index (χ1n) is 9.99. The molecule has 31 heavy (non-hydrogen) atoms. The van der Waals surface area contributed by atoms with Crippen molar-refractivity contribution < 1.29 is 4.79 Å². The van der Waals surface area contributed by atoms with E-state index in [9.17, 15) is 4.79 Å². The van der Waals surface area contributed by atoms with Crippen LogP contribution in [0.25, 0.3) is 11.4 Å². The summed E-state index contributed by atoms with van der Waals surface area (Å²) in [5.41, 5.74) is 2.15. The van der Waals surface area contributed by atoms with Crippen molar-refractivity contribution in [3.8, 4) is 11.4 Å². The summed E-state index contributed by atoms with van der Waals surface area (Å²) in [6.07, 6.45) is 3.44. The van der Waals surface area contributed by atoms with Gasteiger partial charge in [-0.3, -0.25) is 9.36 Å².